The van der Waals surface area contributed by atoms with E-state index in [1.165, 1.54) is 5.69 Å². The van der Waals surface area contributed by atoms with Crippen molar-refractivity contribution in [3.8, 4) is 0 Å². The minimum atomic E-state index is -0.0299. The van der Waals surface area contributed by atoms with Gasteiger partial charge in [0.2, 0.25) is 5.91 Å². The van der Waals surface area contributed by atoms with E-state index in [0.29, 0.717) is 11.7 Å². The SMILES string of the molecule is O=C(CCCC[C@@H]1SC[C@@H]2NC(=O)N[C@@H]21)NCCCN1CCN(c2ccccc2)CC1. The summed E-state index contributed by atoms with van der Waals surface area (Å²) in [6, 6.07) is 11.1. The van der Waals surface area contributed by atoms with E-state index in [-0.39, 0.29) is 24.0 Å². The summed E-state index contributed by atoms with van der Waals surface area (Å²) in [5, 5.41) is 9.57. The van der Waals surface area contributed by atoms with Crippen molar-refractivity contribution in [2.75, 3.05) is 49.9 Å². The lowest BCUT2D eigenvalue weighted by atomic mass is 10.0. The van der Waals surface area contributed by atoms with Crippen molar-refractivity contribution in [1.82, 2.24) is 20.9 Å². The van der Waals surface area contributed by atoms with Crippen LogP contribution in [0.5, 0.6) is 0 Å². The van der Waals surface area contributed by atoms with Crippen LogP contribution in [-0.4, -0.2) is 79.2 Å². The van der Waals surface area contributed by atoms with Crippen LogP contribution in [-0.2, 0) is 4.79 Å². The van der Waals surface area contributed by atoms with Crippen molar-refractivity contribution in [3.05, 3.63) is 30.3 Å². The van der Waals surface area contributed by atoms with Gasteiger partial charge in [-0.15, -0.1) is 0 Å². The van der Waals surface area contributed by atoms with Gasteiger partial charge in [-0.2, -0.15) is 11.8 Å². The maximum Gasteiger partial charge on any atom is 0.315 e. The number of para-hydroxylation sites is 1. The summed E-state index contributed by atoms with van der Waals surface area (Å²) >= 11 is 1.94. The van der Waals surface area contributed by atoms with Gasteiger partial charge in [-0.1, -0.05) is 24.6 Å². The highest BCUT2D eigenvalue weighted by Crippen LogP contribution is 2.33. The highest BCUT2D eigenvalue weighted by molar-refractivity contribution is 8.00. The summed E-state index contributed by atoms with van der Waals surface area (Å²) in [6.07, 6.45) is 4.63. The second-order valence-electron chi connectivity index (χ2n) is 8.74. The molecule has 170 valence electrons. The number of urea groups is 1. The van der Waals surface area contributed by atoms with Gasteiger partial charge in [0.15, 0.2) is 0 Å². The van der Waals surface area contributed by atoms with Gasteiger partial charge in [0.25, 0.3) is 0 Å². The van der Waals surface area contributed by atoms with Gasteiger partial charge in [-0.3, -0.25) is 9.69 Å². The Hall–Kier alpha value is -1.93. The molecular weight excluding hydrogens is 410 g/mol. The third kappa shape index (κ3) is 6.29. The number of hydrogen-bond donors (Lipinski definition) is 3. The van der Waals surface area contributed by atoms with Crippen LogP contribution in [0.3, 0.4) is 0 Å². The first kappa shape index (κ1) is 22.3. The van der Waals surface area contributed by atoms with Gasteiger partial charge in [0, 0.05) is 55.8 Å². The lowest BCUT2D eigenvalue weighted by Crippen LogP contribution is -2.47. The second-order valence-corrected chi connectivity index (χ2v) is 10.0. The summed E-state index contributed by atoms with van der Waals surface area (Å²) in [6.45, 7) is 6.11. The zero-order valence-electron chi connectivity index (χ0n) is 18.2. The fourth-order valence-electron chi connectivity index (χ4n) is 4.76. The Kier molecular flexibility index (Phi) is 7.97. The Morgan fingerprint density at radius 3 is 2.68 bits per heavy atom. The van der Waals surface area contributed by atoms with Gasteiger partial charge < -0.3 is 20.9 Å². The maximum absolute atomic E-state index is 12.1. The van der Waals surface area contributed by atoms with E-state index in [9.17, 15) is 9.59 Å². The zero-order chi connectivity index (χ0) is 21.5. The largest absolute Gasteiger partial charge is 0.369 e. The molecule has 4 rings (SSSR count). The Balaban J connectivity index is 1.01. The van der Waals surface area contributed by atoms with Gasteiger partial charge >= 0.3 is 6.03 Å². The van der Waals surface area contributed by atoms with Crippen LogP contribution in [0.15, 0.2) is 30.3 Å². The molecule has 0 bridgehead atoms. The molecule has 3 aliphatic rings. The number of piperazine rings is 1. The van der Waals surface area contributed by atoms with E-state index in [2.05, 4.69) is 56.1 Å². The number of anilines is 1. The van der Waals surface area contributed by atoms with Crippen LogP contribution in [0.2, 0.25) is 0 Å². The number of carbonyl (C=O) groups is 2. The van der Waals surface area contributed by atoms with Crippen molar-refractivity contribution >= 4 is 29.4 Å². The number of nitrogens with one attached hydrogen (secondary N) is 3. The summed E-state index contributed by atoms with van der Waals surface area (Å²) in [5.74, 6) is 1.16. The van der Waals surface area contributed by atoms with Crippen LogP contribution >= 0.6 is 11.8 Å². The Labute approximate surface area is 189 Å². The Bertz CT molecular complexity index is 726. The molecule has 0 unspecified atom stereocenters. The van der Waals surface area contributed by atoms with Crippen molar-refractivity contribution < 1.29 is 9.59 Å². The predicted molar refractivity (Wildman–Crippen MR) is 127 cm³/mol. The maximum atomic E-state index is 12.1. The topological polar surface area (TPSA) is 76.7 Å². The van der Waals surface area contributed by atoms with Crippen molar-refractivity contribution in [3.63, 3.8) is 0 Å². The van der Waals surface area contributed by atoms with E-state index in [1.54, 1.807) is 0 Å². The molecule has 0 spiro atoms. The molecule has 3 amide bonds. The monoisotopic (exact) mass is 445 g/mol. The highest BCUT2D eigenvalue weighted by Gasteiger charge is 2.42. The molecular formula is C23H35N5O2S. The van der Waals surface area contributed by atoms with E-state index in [1.807, 2.05) is 11.8 Å². The van der Waals surface area contributed by atoms with E-state index < -0.39 is 0 Å². The number of fused-ring (bicyclic) bond motifs is 1. The van der Waals surface area contributed by atoms with Gasteiger partial charge in [0.1, 0.15) is 0 Å². The molecule has 1 aromatic rings. The van der Waals surface area contributed by atoms with E-state index in [0.717, 1.165) is 70.7 Å². The first-order valence-corrected chi connectivity index (χ1v) is 12.7. The molecule has 8 heteroatoms. The molecule has 1 aromatic carbocycles. The lowest BCUT2D eigenvalue weighted by molar-refractivity contribution is -0.121. The number of hydrogen-bond acceptors (Lipinski definition) is 5. The molecule has 3 fully saturated rings. The van der Waals surface area contributed by atoms with Crippen molar-refractivity contribution in [2.45, 2.75) is 49.4 Å². The second kappa shape index (κ2) is 11.1. The Morgan fingerprint density at radius 1 is 1.06 bits per heavy atom. The normalized spacial score (nSPS) is 25.7. The minimum absolute atomic E-state index is 0.0299. The molecule has 0 saturated carbocycles. The smallest absolute Gasteiger partial charge is 0.315 e. The molecule has 0 aliphatic carbocycles. The molecule has 3 heterocycles. The molecule has 0 radical (unpaired) electrons. The van der Waals surface area contributed by atoms with Gasteiger partial charge in [0.05, 0.1) is 12.1 Å². The first-order valence-electron chi connectivity index (χ1n) is 11.7. The minimum Gasteiger partial charge on any atom is -0.369 e. The fraction of sp³-hybridized carbons (Fsp3) is 0.652. The molecule has 3 saturated heterocycles. The Morgan fingerprint density at radius 2 is 1.87 bits per heavy atom. The van der Waals surface area contributed by atoms with Crippen LogP contribution < -0.4 is 20.9 Å². The van der Waals surface area contributed by atoms with Crippen LogP contribution in [0.1, 0.15) is 32.1 Å². The third-order valence-corrected chi connectivity index (χ3v) is 8.06. The average Bonchev–Trinajstić information content (AvgIpc) is 3.34. The molecule has 3 aliphatic heterocycles. The third-order valence-electron chi connectivity index (χ3n) is 6.55. The summed E-state index contributed by atoms with van der Waals surface area (Å²) < 4.78 is 0. The highest BCUT2D eigenvalue weighted by atomic mass is 32.2. The zero-order valence-corrected chi connectivity index (χ0v) is 19.0. The van der Waals surface area contributed by atoms with E-state index >= 15 is 0 Å². The van der Waals surface area contributed by atoms with Crippen LogP contribution in [0.25, 0.3) is 0 Å². The quantitative estimate of drug-likeness (QED) is 0.380. The number of nitrogens with zero attached hydrogens (tertiary/aromatic N) is 2. The number of carbonyl (C=O) groups excluding carboxylic acids is 2. The first-order chi connectivity index (χ1) is 15.2. The van der Waals surface area contributed by atoms with Crippen molar-refractivity contribution in [1.29, 1.82) is 0 Å². The number of rotatable bonds is 10. The molecule has 3 N–H and O–H groups in total. The average molecular weight is 446 g/mol. The molecule has 0 aromatic heterocycles. The fourth-order valence-corrected chi connectivity index (χ4v) is 6.31. The standard InChI is InChI=1S/C23H35N5O2S/c29-21(10-5-4-9-20-22-19(17-31-20)25-23(30)26-22)24-11-6-12-27-13-15-28(16-14-27)18-7-2-1-3-8-18/h1-3,7-8,19-20,22H,4-6,9-17H2,(H,24,29)(H2,25,26,30)/t19-,20-,22-/m0/s1. The number of unbranched alkanes of at least 4 members (excludes halogenated alkanes) is 1. The summed E-state index contributed by atoms with van der Waals surface area (Å²) in [7, 11) is 0. The van der Waals surface area contributed by atoms with Gasteiger partial charge in [-0.25, -0.2) is 4.79 Å². The molecule has 31 heavy (non-hydrogen) atoms. The lowest BCUT2D eigenvalue weighted by Gasteiger charge is -2.36. The molecule has 7 nitrogen and oxygen atoms in total. The van der Waals surface area contributed by atoms with Crippen LogP contribution in [0, 0.1) is 0 Å². The summed E-state index contributed by atoms with van der Waals surface area (Å²) in [5.41, 5.74) is 1.31. The van der Waals surface area contributed by atoms with Gasteiger partial charge in [-0.05, 0) is 37.9 Å². The van der Waals surface area contributed by atoms with Crippen molar-refractivity contribution in [2.24, 2.45) is 0 Å². The number of benzene rings is 1. The van der Waals surface area contributed by atoms with Crippen LogP contribution in [0.4, 0.5) is 10.5 Å². The molecule has 3 atom stereocenters. The number of thioether (sulfide) groups is 1. The van der Waals surface area contributed by atoms with E-state index in [4.69, 9.17) is 0 Å². The summed E-state index contributed by atoms with van der Waals surface area (Å²) in [4.78, 5) is 28.5. The number of amides is 3. The predicted octanol–water partition coefficient (Wildman–Crippen LogP) is 2.04.